The Morgan fingerprint density at radius 2 is 2.41 bits per heavy atom. The SMILES string of the molecule is Cc1cc(CC(=O)N2CCCC2C(=O)O)no1. The molecule has 0 aliphatic carbocycles. The lowest BCUT2D eigenvalue weighted by molar-refractivity contribution is -0.148. The number of rotatable bonds is 3. The molecule has 1 fully saturated rings. The second-order valence-electron chi connectivity index (χ2n) is 4.19. The zero-order valence-corrected chi connectivity index (χ0v) is 9.55. The topological polar surface area (TPSA) is 83.6 Å². The first kappa shape index (κ1) is 11.6. The van der Waals surface area contributed by atoms with Crippen molar-refractivity contribution in [2.45, 2.75) is 32.2 Å². The summed E-state index contributed by atoms with van der Waals surface area (Å²) in [6, 6.07) is 1.000. The van der Waals surface area contributed by atoms with E-state index in [1.54, 1.807) is 13.0 Å². The normalized spacial score (nSPS) is 19.6. The van der Waals surface area contributed by atoms with Crippen molar-refractivity contribution in [1.82, 2.24) is 10.1 Å². The van der Waals surface area contributed by atoms with Crippen LogP contribution < -0.4 is 0 Å². The van der Waals surface area contributed by atoms with Gasteiger partial charge in [0.05, 0.1) is 12.1 Å². The quantitative estimate of drug-likeness (QED) is 0.833. The number of carbonyl (C=O) groups is 2. The Balaban J connectivity index is 2.02. The number of hydrogen-bond donors (Lipinski definition) is 1. The Morgan fingerprint density at radius 1 is 1.65 bits per heavy atom. The van der Waals surface area contributed by atoms with Crippen LogP contribution >= 0.6 is 0 Å². The molecule has 6 nitrogen and oxygen atoms in total. The summed E-state index contributed by atoms with van der Waals surface area (Å²) in [5.41, 5.74) is 0.545. The minimum absolute atomic E-state index is 0.0983. The highest BCUT2D eigenvalue weighted by Gasteiger charge is 2.33. The van der Waals surface area contributed by atoms with Crippen LogP contribution in [0.25, 0.3) is 0 Å². The van der Waals surface area contributed by atoms with Crippen LogP contribution in [-0.4, -0.2) is 39.6 Å². The lowest BCUT2D eigenvalue weighted by Gasteiger charge is -2.20. The Bertz CT molecular complexity index is 440. The van der Waals surface area contributed by atoms with Crippen molar-refractivity contribution >= 4 is 11.9 Å². The van der Waals surface area contributed by atoms with Gasteiger partial charge in [-0.3, -0.25) is 4.79 Å². The van der Waals surface area contributed by atoms with Gasteiger partial charge in [-0.15, -0.1) is 0 Å². The number of aryl methyl sites for hydroxylation is 1. The third kappa shape index (κ3) is 2.46. The van der Waals surface area contributed by atoms with Crippen molar-refractivity contribution in [2.24, 2.45) is 0 Å². The molecule has 6 heteroatoms. The molecule has 1 atom stereocenters. The monoisotopic (exact) mass is 238 g/mol. The van der Waals surface area contributed by atoms with Crippen LogP contribution in [0.2, 0.25) is 0 Å². The number of carboxylic acid groups (broad SMARTS) is 1. The molecular formula is C11H14N2O4. The summed E-state index contributed by atoms with van der Waals surface area (Å²) in [5, 5.41) is 12.7. The molecule has 0 saturated carbocycles. The van der Waals surface area contributed by atoms with Gasteiger partial charge < -0.3 is 14.5 Å². The fraction of sp³-hybridized carbons (Fsp3) is 0.545. The number of aromatic nitrogens is 1. The molecule has 1 aliphatic rings. The maximum Gasteiger partial charge on any atom is 0.326 e. The Kier molecular flexibility index (Phi) is 3.12. The van der Waals surface area contributed by atoms with Gasteiger partial charge in [0.25, 0.3) is 0 Å². The molecule has 1 saturated heterocycles. The summed E-state index contributed by atoms with van der Waals surface area (Å²) in [6.45, 7) is 2.25. The zero-order valence-electron chi connectivity index (χ0n) is 9.55. The van der Waals surface area contributed by atoms with Gasteiger partial charge >= 0.3 is 5.97 Å². The number of amides is 1. The van der Waals surface area contributed by atoms with Crippen LogP contribution in [0.3, 0.4) is 0 Å². The molecule has 2 heterocycles. The first-order valence-electron chi connectivity index (χ1n) is 5.52. The van der Waals surface area contributed by atoms with Crippen LogP contribution in [0.5, 0.6) is 0 Å². The standard InChI is InChI=1S/C11H14N2O4/c1-7-5-8(12-17-7)6-10(14)13-4-2-3-9(13)11(15)16/h5,9H,2-4,6H2,1H3,(H,15,16). The maximum atomic E-state index is 11.9. The molecule has 0 radical (unpaired) electrons. The summed E-state index contributed by atoms with van der Waals surface area (Å²) >= 11 is 0. The van der Waals surface area contributed by atoms with Crippen molar-refractivity contribution in [2.75, 3.05) is 6.54 Å². The Morgan fingerprint density at radius 3 is 3.00 bits per heavy atom. The van der Waals surface area contributed by atoms with E-state index < -0.39 is 12.0 Å². The van der Waals surface area contributed by atoms with Crippen molar-refractivity contribution in [3.8, 4) is 0 Å². The number of likely N-dealkylation sites (tertiary alicyclic amines) is 1. The van der Waals surface area contributed by atoms with Crippen molar-refractivity contribution in [3.63, 3.8) is 0 Å². The lowest BCUT2D eigenvalue weighted by Crippen LogP contribution is -2.41. The van der Waals surface area contributed by atoms with E-state index in [-0.39, 0.29) is 12.3 Å². The van der Waals surface area contributed by atoms with Gasteiger partial charge in [0.1, 0.15) is 11.8 Å². The molecular weight excluding hydrogens is 224 g/mol. The molecule has 0 spiro atoms. The number of nitrogens with zero attached hydrogens (tertiary/aromatic N) is 2. The molecule has 92 valence electrons. The van der Waals surface area contributed by atoms with Gasteiger partial charge in [0.2, 0.25) is 5.91 Å². The van der Waals surface area contributed by atoms with E-state index in [0.29, 0.717) is 24.4 Å². The molecule has 0 bridgehead atoms. The number of aliphatic carboxylic acids is 1. The highest BCUT2D eigenvalue weighted by Crippen LogP contribution is 2.18. The fourth-order valence-corrected chi connectivity index (χ4v) is 2.08. The van der Waals surface area contributed by atoms with Crippen molar-refractivity contribution in [3.05, 3.63) is 17.5 Å². The van der Waals surface area contributed by atoms with E-state index in [1.807, 2.05) is 0 Å². The first-order valence-corrected chi connectivity index (χ1v) is 5.52. The second-order valence-corrected chi connectivity index (χ2v) is 4.19. The van der Waals surface area contributed by atoms with E-state index in [9.17, 15) is 9.59 Å². The molecule has 1 unspecified atom stereocenters. The smallest absolute Gasteiger partial charge is 0.326 e. The predicted octanol–water partition coefficient (Wildman–Crippen LogP) is 0.601. The van der Waals surface area contributed by atoms with Gasteiger partial charge in [0, 0.05) is 12.6 Å². The molecule has 1 aromatic heterocycles. The van der Waals surface area contributed by atoms with E-state index in [2.05, 4.69) is 5.16 Å². The third-order valence-corrected chi connectivity index (χ3v) is 2.87. The summed E-state index contributed by atoms with van der Waals surface area (Å²) in [6.07, 6.45) is 1.36. The van der Waals surface area contributed by atoms with E-state index >= 15 is 0 Å². The number of carbonyl (C=O) groups excluding carboxylic acids is 1. The molecule has 1 aromatic rings. The van der Waals surface area contributed by atoms with Crippen LogP contribution in [0.15, 0.2) is 10.6 Å². The average molecular weight is 238 g/mol. The summed E-state index contributed by atoms with van der Waals surface area (Å²) < 4.78 is 4.87. The van der Waals surface area contributed by atoms with Gasteiger partial charge in [-0.1, -0.05) is 5.16 Å². The van der Waals surface area contributed by atoms with Crippen molar-refractivity contribution < 1.29 is 19.2 Å². The average Bonchev–Trinajstić information content (AvgIpc) is 2.86. The summed E-state index contributed by atoms with van der Waals surface area (Å²) in [5.74, 6) is -0.501. The molecule has 0 aromatic carbocycles. The lowest BCUT2D eigenvalue weighted by atomic mass is 10.2. The zero-order chi connectivity index (χ0) is 12.4. The molecule has 1 N–H and O–H groups in total. The molecule has 1 aliphatic heterocycles. The number of hydrogen-bond acceptors (Lipinski definition) is 4. The number of carboxylic acids is 1. The highest BCUT2D eigenvalue weighted by molar-refractivity contribution is 5.85. The van der Waals surface area contributed by atoms with E-state index in [1.165, 1.54) is 4.90 Å². The third-order valence-electron chi connectivity index (χ3n) is 2.87. The largest absolute Gasteiger partial charge is 0.480 e. The molecule has 2 rings (SSSR count). The van der Waals surface area contributed by atoms with Crippen LogP contribution in [0.1, 0.15) is 24.3 Å². The van der Waals surface area contributed by atoms with Crippen LogP contribution in [0.4, 0.5) is 0 Å². The van der Waals surface area contributed by atoms with Gasteiger partial charge in [-0.25, -0.2) is 4.79 Å². The van der Waals surface area contributed by atoms with E-state index in [4.69, 9.17) is 9.63 Å². The minimum Gasteiger partial charge on any atom is -0.480 e. The van der Waals surface area contributed by atoms with E-state index in [0.717, 1.165) is 6.42 Å². The van der Waals surface area contributed by atoms with Gasteiger partial charge in [0.15, 0.2) is 0 Å². The second kappa shape index (κ2) is 4.57. The summed E-state index contributed by atoms with van der Waals surface area (Å²) in [4.78, 5) is 24.3. The van der Waals surface area contributed by atoms with Gasteiger partial charge in [-0.2, -0.15) is 0 Å². The van der Waals surface area contributed by atoms with Crippen molar-refractivity contribution in [1.29, 1.82) is 0 Å². The summed E-state index contributed by atoms with van der Waals surface area (Å²) in [7, 11) is 0. The first-order chi connectivity index (χ1) is 8.08. The minimum atomic E-state index is -0.938. The molecule has 1 amide bonds. The fourth-order valence-electron chi connectivity index (χ4n) is 2.08. The highest BCUT2D eigenvalue weighted by atomic mass is 16.5. The Labute approximate surface area is 98.2 Å². The molecule has 17 heavy (non-hydrogen) atoms. The maximum absolute atomic E-state index is 11.9. The van der Waals surface area contributed by atoms with Crippen LogP contribution in [-0.2, 0) is 16.0 Å². The Hall–Kier alpha value is -1.85. The predicted molar refractivity (Wildman–Crippen MR) is 57.3 cm³/mol. The van der Waals surface area contributed by atoms with Gasteiger partial charge in [-0.05, 0) is 19.8 Å². The van der Waals surface area contributed by atoms with Crippen LogP contribution in [0, 0.1) is 6.92 Å².